The number of hydrogen-bond donors (Lipinski definition) is 2. The number of carbonyl (C=O) groups excluding carboxylic acids is 4. The zero-order chi connectivity index (χ0) is 38.1. The Labute approximate surface area is 313 Å². The first-order chi connectivity index (χ1) is 25.3. The van der Waals surface area contributed by atoms with Crippen molar-refractivity contribution in [2.75, 3.05) is 13.2 Å². The van der Waals surface area contributed by atoms with Gasteiger partial charge in [-0.25, -0.2) is 9.59 Å². The Hall–Kier alpha value is -2.98. The second-order valence-corrected chi connectivity index (χ2v) is 14.0. The Balaban J connectivity index is 2.40. The molecule has 0 fully saturated rings. The van der Waals surface area contributed by atoms with Crippen molar-refractivity contribution in [3.8, 4) is 0 Å². The third-order valence-corrected chi connectivity index (χ3v) is 9.23. The summed E-state index contributed by atoms with van der Waals surface area (Å²) in [6.07, 6.45) is 23.2. The van der Waals surface area contributed by atoms with Crippen LogP contribution in [0.15, 0.2) is 24.3 Å². The van der Waals surface area contributed by atoms with Crippen molar-refractivity contribution >= 4 is 23.9 Å². The molecule has 0 saturated heterocycles. The Morgan fingerprint density at radius 3 is 1.04 bits per heavy atom. The van der Waals surface area contributed by atoms with E-state index in [1.807, 2.05) is 0 Å². The Kier molecular flexibility index (Phi) is 29.5. The lowest BCUT2D eigenvalue weighted by Crippen LogP contribution is -2.24. The smallest absolute Gasteiger partial charge is 0.332 e. The first-order valence-corrected chi connectivity index (χ1v) is 20.3. The normalized spacial score (nSPS) is 12.2. The molecular weight excluding hydrogens is 664 g/mol. The van der Waals surface area contributed by atoms with Crippen LogP contribution in [0.2, 0.25) is 0 Å². The van der Waals surface area contributed by atoms with E-state index in [0.29, 0.717) is 12.8 Å². The molecule has 1 aromatic carbocycles. The van der Waals surface area contributed by atoms with E-state index in [0.717, 1.165) is 49.7 Å². The highest BCUT2D eigenvalue weighted by molar-refractivity contribution is 5.73. The average Bonchev–Trinajstić information content (AvgIpc) is 3.14. The largest absolute Gasteiger partial charge is 0.461 e. The first-order valence-electron chi connectivity index (χ1n) is 20.3. The minimum atomic E-state index is -0.753. The Bertz CT molecular complexity index is 974. The average molecular weight is 735 g/mol. The lowest BCUT2D eigenvalue weighted by molar-refractivity contribution is -0.160. The number of esters is 4. The van der Waals surface area contributed by atoms with Gasteiger partial charge in [-0.15, -0.1) is 0 Å². The van der Waals surface area contributed by atoms with E-state index in [4.69, 9.17) is 29.2 Å². The molecular formula is C42H70O10. The number of ether oxygens (including phenoxy) is 4. The Morgan fingerprint density at radius 2 is 0.750 bits per heavy atom. The molecule has 0 aliphatic carbocycles. The van der Waals surface area contributed by atoms with Gasteiger partial charge in [-0.3, -0.25) is 9.59 Å². The quantitative estimate of drug-likeness (QED) is 0.0400. The number of aliphatic hydroxyl groups is 2. The number of hydrogen-bond acceptors (Lipinski definition) is 10. The summed E-state index contributed by atoms with van der Waals surface area (Å²) in [6.45, 7) is 3.04. The highest BCUT2D eigenvalue weighted by Gasteiger charge is 2.20. The molecule has 0 aliphatic heterocycles. The highest BCUT2D eigenvalue weighted by atomic mass is 16.6. The molecule has 0 spiro atoms. The fourth-order valence-electron chi connectivity index (χ4n) is 6.12. The molecule has 10 nitrogen and oxygen atoms in total. The zero-order valence-electron chi connectivity index (χ0n) is 32.4. The SMILES string of the molecule is CCCCCCCCCCCCC(CC(=O)OCc1ccc(COC(=O)CC(CCCCCCCCCCCC)OC(=O)CO)cc1)OC(=O)CO. The third-order valence-electron chi connectivity index (χ3n) is 9.23. The van der Waals surface area contributed by atoms with E-state index in [9.17, 15) is 19.2 Å². The van der Waals surface area contributed by atoms with E-state index in [1.54, 1.807) is 24.3 Å². The molecule has 10 heteroatoms. The number of carbonyl (C=O) groups is 4. The van der Waals surface area contributed by atoms with Gasteiger partial charge in [0.15, 0.2) is 0 Å². The minimum Gasteiger partial charge on any atom is -0.461 e. The fraction of sp³-hybridized carbons (Fsp3) is 0.762. The van der Waals surface area contributed by atoms with Crippen LogP contribution in [0.3, 0.4) is 0 Å². The molecule has 0 heterocycles. The van der Waals surface area contributed by atoms with Crippen molar-refractivity contribution in [1.82, 2.24) is 0 Å². The molecule has 0 bridgehead atoms. The second kappa shape index (κ2) is 32.7. The highest BCUT2D eigenvalue weighted by Crippen LogP contribution is 2.18. The van der Waals surface area contributed by atoms with Crippen molar-refractivity contribution in [3.05, 3.63) is 35.4 Å². The molecule has 0 saturated carbocycles. The van der Waals surface area contributed by atoms with Crippen LogP contribution >= 0.6 is 0 Å². The molecule has 298 valence electrons. The number of rotatable bonds is 34. The number of unbranched alkanes of at least 4 members (excludes halogenated alkanes) is 18. The van der Waals surface area contributed by atoms with Crippen molar-refractivity contribution in [1.29, 1.82) is 0 Å². The Morgan fingerprint density at radius 1 is 0.462 bits per heavy atom. The summed E-state index contributed by atoms with van der Waals surface area (Å²) < 4.78 is 21.5. The zero-order valence-corrected chi connectivity index (χ0v) is 32.4. The van der Waals surface area contributed by atoms with Crippen molar-refractivity contribution < 1.29 is 48.3 Å². The summed E-state index contributed by atoms with van der Waals surface area (Å²) in [6, 6.07) is 7.11. The summed E-state index contributed by atoms with van der Waals surface area (Å²) >= 11 is 0. The molecule has 0 aromatic heterocycles. The van der Waals surface area contributed by atoms with Crippen LogP contribution < -0.4 is 0 Å². The van der Waals surface area contributed by atoms with E-state index >= 15 is 0 Å². The predicted octanol–water partition coefficient (Wildman–Crippen LogP) is 8.98. The van der Waals surface area contributed by atoms with E-state index in [-0.39, 0.29) is 26.1 Å². The monoisotopic (exact) mass is 734 g/mol. The molecule has 2 unspecified atom stereocenters. The predicted molar refractivity (Wildman–Crippen MR) is 202 cm³/mol. The van der Waals surface area contributed by atoms with Gasteiger partial charge in [-0.1, -0.05) is 154 Å². The van der Waals surface area contributed by atoms with Gasteiger partial charge in [0, 0.05) is 0 Å². The standard InChI is InChI=1S/C42H70O10/c1-3-5-7-9-11-13-15-17-19-21-23-37(51-41(47)31-43)29-39(45)49-33-35-25-27-36(28-26-35)34-50-40(46)30-38(52-42(48)32-44)24-22-20-18-16-14-12-10-8-6-4-2/h25-28,37-38,43-44H,3-24,29-34H2,1-2H3. The molecule has 52 heavy (non-hydrogen) atoms. The van der Waals surface area contributed by atoms with E-state index in [1.165, 1.54) is 89.9 Å². The molecule has 1 rings (SSSR count). The van der Waals surface area contributed by atoms with Crippen LogP contribution in [0.25, 0.3) is 0 Å². The fourth-order valence-corrected chi connectivity index (χ4v) is 6.12. The lowest BCUT2D eigenvalue weighted by atomic mass is 10.0. The van der Waals surface area contributed by atoms with Crippen LogP contribution in [0.1, 0.15) is 179 Å². The van der Waals surface area contributed by atoms with Crippen LogP contribution in [-0.2, 0) is 51.3 Å². The summed E-state index contributed by atoms with van der Waals surface area (Å²) in [4.78, 5) is 48.6. The maximum atomic E-state index is 12.6. The maximum Gasteiger partial charge on any atom is 0.332 e. The molecule has 0 radical (unpaired) electrons. The minimum absolute atomic E-state index is 0.0364. The van der Waals surface area contributed by atoms with Crippen molar-refractivity contribution in [2.24, 2.45) is 0 Å². The summed E-state index contributed by atoms with van der Waals surface area (Å²) in [5.41, 5.74) is 1.49. The molecule has 0 amide bonds. The van der Waals surface area contributed by atoms with Crippen molar-refractivity contribution in [3.63, 3.8) is 0 Å². The van der Waals surface area contributed by atoms with Gasteiger partial charge < -0.3 is 29.2 Å². The van der Waals surface area contributed by atoms with Gasteiger partial charge in [0.2, 0.25) is 0 Å². The molecule has 2 N–H and O–H groups in total. The topological polar surface area (TPSA) is 146 Å². The maximum absolute atomic E-state index is 12.6. The number of benzene rings is 1. The third kappa shape index (κ3) is 26.7. The lowest BCUT2D eigenvalue weighted by Gasteiger charge is -2.17. The first kappa shape index (κ1) is 47.0. The summed E-state index contributed by atoms with van der Waals surface area (Å²) in [7, 11) is 0. The molecule has 2 atom stereocenters. The summed E-state index contributed by atoms with van der Waals surface area (Å²) in [5.74, 6) is -2.49. The van der Waals surface area contributed by atoms with E-state index in [2.05, 4.69) is 13.8 Å². The van der Waals surface area contributed by atoms with Crippen LogP contribution in [0.4, 0.5) is 0 Å². The van der Waals surface area contributed by atoms with E-state index < -0.39 is 49.3 Å². The number of aliphatic hydroxyl groups excluding tert-OH is 2. The van der Waals surface area contributed by atoms with Gasteiger partial charge in [-0.05, 0) is 36.8 Å². The van der Waals surface area contributed by atoms with Crippen LogP contribution in [-0.4, -0.2) is 59.5 Å². The van der Waals surface area contributed by atoms with Crippen molar-refractivity contribution in [2.45, 2.75) is 193 Å². The van der Waals surface area contributed by atoms with Gasteiger partial charge >= 0.3 is 23.9 Å². The second-order valence-electron chi connectivity index (χ2n) is 14.0. The van der Waals surface area contributed by atoms with Gasteiger partial charge in [0.05, 0.1) is 12.8 Å². The van der Waals surface area contributed by atoms with Gasteiger partial charge in [0.1, 0.15) is 38.6 Å². The summed E-state index contributed by atoms with van der Waals surface area (Å²) in [5, 5.41) is 18.3. The van der Waals surface area contributed by atoms with Gasteiger partial charge in [0.25, 0.3) is 0 Å². The van der Waals surface area contributed by atoms with Crippen LogP contribution in [0, 0.1) is 0 Å². The molecule has 0 aliphatic rings. The van der Waals surface area contributed by atoms with Gasteiger partial charge in [-0.2, -0.15) is 0 Å². The van der Waals surface area contributed by atoms with Crippen LogP contribution in [0.5, 0.6) is 0 Å². The molecule has 1 aromatic rings.